The lowest BCUT2D eigenvalue weighted by atomic mass is 9.64. The van der Waals surface area contributed by atoms with Gasteiger partial charge in [-0.25, -0.2) is 0 Å². The molecule has 3 saturated carbocycles. The number of rotatable bonds is 1. The van der Waals surface area contributed by atoms with Crippen molar-refractivity contribution in [1.29, 1.82) is 0 Å². The first kappa shape index (κ1) is 6.20. The van der Waals surface area contributed by atoms with Crippen LogP contribution in [0.2, 0.25) is 0 Å². The van der Waals surface area contributed by atoms with Crippen LogP contribution in [-0.4, -0.2) is 12.8 Å². The van der Waals surface area contributed by atoms with Crippen molar-refractivity contribution < 1.29 is 4.84 Å². The number of hydrogen-bond acceptors (Lipinski definition) is 2. The molecule has 3 rings (SSSR count). The number of oxime groups is 1. The molecular formula is C8H13NO. The van der Waals surface area contributed by atoms with Gasteiger partial charge < -0.3 is 4.84 Å². The fourth-order valence-electron chi connectivity index (χ4n) is 2.04. The lowest BCUT2D eigenvalue weighted by molar-refractivity contribution is 0.177. The molecule has 0 aromatic heterocycles. The van der Waals surface area contributed by atoms with Crippen LogP contribution in [0.4, 0.5) is 0 Å². The molecule has 0 amide bonds. The zero-order valence-electron chi connectivity index (χ0n) is 6.34. The van der Waals surface area contributed by atoms with Crippen LogP contribution < -0.4 is 0 Å². The first-order valence-corrected chi connectivity index (χ1v) is 4.00. The number of fused-ring (bicyclic) bond motifs is 2. The van der Waals surface area contributed by atoms with Gasteiger partial charge in [-0.2, -0.15) is 0 Å². The van der Waals surface area contributed by atoms with E-state index in [1.54, 1.807) is 7.11 Å². The van der Waals surface area contributed by atoms with Crippen molar-refractivity contribution in [2.45, 2.75) is 25.7 Å². The molecule has 0 spiro atoms. The molecule has 0 aromatic carbocycles. The highest BCUT2D eigenvalue weighted by molar-refractivity contribution is 5.88. The molecule has 10 heavy (non-hydrogen) atoms. The Balaban J connectivity index is 2.02. The third-order valence-corrected chi connectivity index (χ3v) is 2.72. The molecule has 2 nitrogen and oxygen atoms in total. The van der Waals surface area contributed by atoms with Crippen molar-refractivity contribution in [1.82, 2.24) is 0 Å². The molecule has 3 aliphatic rings. The second kappa shape index (κ2) is 2.26. The molecule has 0 aromatic rings. The summed E-state index contributed by atoms with van der Waals surface area (Å²) in [6, 6.07) is 0. The number of nitrogens with zero attached hydrogens (tertiary/aromatic N) is 1. The molecule has 3 aliphatic carbocycles. The Morgan fingerprint density at radius 3 is 2.80 bits per heavy atom. The summed E-state index contributed by atoms with van der Waals surface area (Å²) in [5.74, 6) is 1.82. The summed E-state index contributed by atoms with van der Waals surface area (Å²) >= 11 is 0. The molecule has 3 fully saturated rings. The van der Waals surface area contributed by atoms with Crippen LogP contribution in [0.25, 0.3) is 0 Å². The van der Waals surface area contributed by atoms with E-state index in [4.69, 9.17) is 4.84 Å². The second-order valence-electron chi connectivity index (χ2n) is 3.34. The van der Waals surface area contributed by atoms with Crippen molar-refractivity contribution in [2.75, 3.05) is 7.11 Å². The predicted octanol–water partition coefficient (Wildman–Crippen LogP) is 1.81. The summed E-state index contributed by atoms with van der Waals surface area (Å²) in [5, 5.41) is 4.02. The first-order valence-electron chi connectivity index (χ1n) is 4.00. The molecular weight excluding hydrogens is 126 g/mol. The standard InChI is InChI=1S/C8H13NO/c1-10-9-8-3-2-6-4-7(8)5-6/h6-7H,2-5H2,1H3. The van der Waals surface area contributed by atoms with E-state index >= 15 is 0 Å². The van der Waals surface area contributed by atoms with Crippen LogP contribution in [0.3, 0.4) is 0 Å². The van der Waals surface area contributed by atoms with Crippen molar-refractivity contribution in [2.24, 2.45) is 17.0 Å². The first-order chi connectivity index (χ1) is 4.90. The van der Waals surface area contributed by atoms with Gasteiger partial charge in [0, 0.05) is 5.92 Å². The summed E-state index contributed by atoms with van der Waals surface area (Å²) in [6.45, 7) is 0. The van der Waals surface area contributed by atoms with E-state index in [1.807, 2.05) is 0 Å². The van der Waals surface area contributed by atoms with Gasteiger partial charge in [-0.15, -0.1) is 0 Å². The Morgan fingerprint density at radius 2 is 2.30 bits per heavy atom. The Hall–Kier alpha value is -0.530. The average Bonchev–Trinajstić information content (AvgIpc) is 1.87. The number of hydrogen-bond donors (Lipinski definition) is 0. The lowest BCUT2D eigenvalue weighted by Gasteiger charge is -2.41. The third-order valence-electron chi connectivity index (χ3n) is 2.72. The summed E-state index contributed by atoms with van der Waals surface area (Å²) in [4.78, 5) is 4.76. The van der Waals surface area contributed by atoms with E-state index in [1.165, 1.54) is 31.4 Å². The Bertz CT molecular complexity index is 156. The molecule has 0 atom stereocenters. The minimum atomic E-state index is 0.790. The summed E-state index contributed by atoms with van der Waals surface area (Å²) in [6.07, 6.45) is 5.28. The summed E-state index contributed by atoms with van der Waals surface area (Å²) in [5.41, 5.74) is 1.31. The van der Waals surface area contributed by atoms with Crippen LogP contribution in [-0.2, 0) is 4.84 Å². The van der Waals surface area contributed by atoms with Gasteiger partial charge in [-0.1, -0.05) is 5.16 Å². The minimum absolute atomic E-state index is 0.790. The van der Waals surface area contributed by atoms with Crippen LogP contribution in [0, 0.1) is 11.8 Å². The van der Waals surface area contributed by atoms with Gasteiger partial charge in [-0.05, 0) is 31.6 Å². The largest absolute Gasteiger partial charge is 0.399 e. The zero-order valence-corrected chi connectivity index (χ0v) is 6.34. The Kier molecular flexibility index (Phi) is 1.40. The third kappa shape index (κ3) is 0.825. The fraction of sp³-hybridized carbons (Fsp3) is 0.875. The Labute approximate surface area is 61.2 Å². The van der Waals surface area contributed by atoms with E-state index in [0.29, 0.717) is 0 Å². The SMILES string of the molecule is CON=C1CCC2CC1C2. The van der Waals surface area contributed by atoms with Crippen LogP contribution in [0.15, 0.2) is 5.16 Å². The smallest absolute Gasteiger partial charge is 0.106 e. The van der Waals surface area contributed by atoms with Crippen molar-refractivity contribution >= 4 is 5.71 Å². The maximum Gasteiger partial charge on any atom is 0.106 e. The molecule has 0 heterocycles. The van der Waals surface area contributed by atoms with Gasteiger partial charge in [0.25, 0.3) is 0 Å². The zero-order chi connectivity index (χ0) is 6.97. The molecule has 0 saturated heterocycles. The van der Waals surface area contributed by atoms with Gasteiger partial charge in [0.2, 0.25) is 0 Å². The predicted molar refractivity (Wildman–Crippen MR) is 39.9 cm³/mol. The van der Waals surface area contributed by atoms with Crippen LogP contribution in [0.1, 0.15) is 25.7 Å². The molecule has 0 aliphatic heterocycles. The molecule has 2 bridgehead atoms. The van der Waals surface area contributed by atoms with E-state index in [0.717, 1.165) is 11.8 Å². The molecule has 0 radical (unpaired) electrons. The highest BCUT2D eigenvalue weighted by Gasteiger charge is 2.37. The maximum absolute atomic E-state index is 4.76. The quantitative estimate of drug-likeness (QED) is 0.508. The van der Waals surface area contributed by atoms with Crippen molar-refractivity contribution in [3.63, 3.8) is 0 Å². The van der Waals surface area contributed by atoms with Crippen LogP contribution in [0.5, 0.6) is 0 Å². The van der Waals surface area contributed by atoms with Gasteiger partial charge in [-0.3, -0.25) is 0 Å². The van der Waals surface area contributed by atoms with Crippen LogP contribution >= 0.6 is 0 Å². The summed E-state index contributed by atoms with van der Waals surface area (Å²) < 4.78 is 0. The highest BCUT2D eigenvalue weighted by Crippen LogP contribution is 2.43. The van der Waals surface area contributed by atoms with E-state index in [-0.39, 0.29) is 0 Å². The molecule has 0 unspecified atom stereocenters. The topological polar surface area (TPSA) is 21.6 Å². The van der Waals surface area contributed by atoms with Crippen molar-refractivity contribution in [3.8, 4) is 0 Å². The van der Waals surface area contributed by atoms with E-state index in [9.17, 15) is 0 Å². The fourth-order valence-corrected chi connectivity index (χ4v) is 2.04. The van der Waals surface area contributed by atoms with Gasteiger partial charge in [0.1, 0.15) is 7.11 Å². The van der Waals surface area contributed by atoms with E-state index in [2.05, 4.69) is 5.16 Å². The molecule has 2 heteroatoms. The maximum atomic E-state index is 4.76. The molecule has 56 valence electrons. The Morgan fingerprint density at radius 1 is 1.50 bits per heavy atom. The second-order valence-corrected chi connectivity index (χ2v) is 3.34. The molecule has 0 N–H and O–H groups in total. The van der Waals surface area contributed by atoms with Gasteiger partial charge in [0.05, 0.1) is 5.71 Å². The van der Waals surface area contributed by atoms with Crippen molar-refractivity contribution in [3.05, 3.63) is 0 Å². The minimum Gasteiger partial charge on any atom is -0.399 e. The lowest BCUT2D eigenvalue weighted by Crippen LogP contribution is -2.36. The average molecular weight is 139 g/mol. The monoisotopic (exact) mass is 139 g/mol. The van der Waals surface area contributed by atoms with E-state index < -0.39 is 0 Å². The normalized spacial score (nSPS) is 41.1. The van der Waals surface area contributed by atoms with Gasteiger partial charge >= 0.3 is 0 Å². The van der Waals surface area contributed by atoms with Gasteiger partial charge in [0.15, 0.2) is 0 Å². The summed E-state index contributed by atoms with van der Waals surface area (Å²) in [7, 11) is 1.64. The highest BCUT2D eigenvalue weighted by atomic mass is 16.6.